The minimum Gasteiger partial charge on any atom is -0.374 e. The van der Waals surface area contributed by atoms with Crippen LogP contribution in [0.5, 0.6) is 0 Å². The molecule has 0 aromatic carbocycles. The molecule has 2 heterocycles. The molecule has 0 spiro atoms. The lowest BCUT2D eigenvalue weighted by molar-refractivity contribution is 0.0880. The molecule has 1 saturated heterocycles. The van der Waals surface area contributed by atoms with Crippen molar-refractivity contribution in [1.29, 1.82) is 0 Å². The number of carbonyl (C=O) groups excluding carboxylic acids is 1. The number of hydrogen-bond acceptors (Lipinski definition) is 7. The van der Waals surface area contributed by atoms with E-state index in [1.807, 2.05) is 0 Å². The lowest BCUT2D eigenvalue weighted by Gasteiger charge is -2.37. The summed E-state index contributed by atoms with van der Waals surface area (Å²) < 4.78 is 0. The van der Waals surface area contributed by atoms with Crippen LogP contribution in [-0.2, 0) is 0 Å². The molecule has 1 amide bonds. The lowest BCUT2D eigenvalue weighted by atomic mass is 10.2. The Morgan fingerprint density at radius 1 is 1.50 bits per heavy atom. The number of nitrogens with one attached hydrogen (secondary N) is 1. The number of aromatic nitrogens is 2. The molecule has 1 unspecified atom stereocenters. The summed E-state index contributed by atoms with van der Waals surface area (Å²) in [5.41, 5.74) is 5.45. The highest BCUT2D eigenvalue weighted by Gasteiger charge is 2.23. The van der Waals surface area contributed by atoms with Crippen LogP contribution >= 0.6 is 11.3 Å². The summed E-state index contributed by atoms with van der Waals surface area (Å²) in [7, 11) is 4.17. The normalized spacial score (nSPS) is 22.0. The molecule has 1 aliphatic rings. The van der Waals surface area contributed by atoms with Crippen molar-refractivity contribution in [3.63, 3.8) is 0 Å². The third-order valence-corrected chi connectivity index (χ3v) is 3.86. The number of nitrogens with zero attached hydrogens (tertiary/aromatic N) is 4. The maximum Gasteiger partial charge on any atom is 0.282 e. The van der Waals surface area contributed by atoms with Crippen molar-refractivity contribution in [2.45, 2.75) is 6.04 Å². The second-order valence-electron chi connectivity index (χ2n) is 4.55. The zero-order valence-corrected chi connectivity index (χ0v) is 11.4. The zero-order chi connectivity index (χ0) is 13.1. The SMILES string of the molecule is CN1CCN(C)C(CNC(=O)c2nnc(N)s2)C1. The maximum absolute atomic E-state index is 11.8. The molecule has 1 fully saturated rings. The number of nitrogens with two attached hydrogens (primary N) is 1. The van der Waals surface area contributed by atoms with E-state index in [1.54, 1.807) is 0 Å². The summed E-state index contributed by atoms with van der Waals surface area (Å²) >= 11 is 1.10. The molecule has 8 heteroatoms. The van der Waals surface area contributed by atoms with Gasteiger partial charge in [0, 0.05) is 32.2 Å². The Balaban J connectivity index is 1.85. The molecule has 1 aromatic heterocycles. The van der Waals surface area contributed by atoms with Crippen molar-refractivity contribution in [3.8, 4) is 0 Å². The van der Waals surface area contributed by atoms with E-state index >= 15 is 0 Å². The summed E-state index contributed by atoms with van der Waals surface area (Å²) in [4.78, 5) is 16.3. The van der Waals surface area contributed by atoms with Crippen molar-refractivity contribution in [2.24, 2.45) is 0 Å². The van der Waals surface area contributed by atoms with Crippen LogP contribution in [0.1, 0.15) is 9.80 Å². The Hall–Kier alpha value is -1.25. The Morgan fingerprint density at radius 3 is 2.94 bits per heavy atom. The first-order valence-electron chi connectivity index (χ1n) is 5.82. The van der Waals surface area contributed by atoms with Crippen LogP contribution in [-0.4, -0.2) is 72.2 Å². The average Bonchev–Trinajstić information content (AvgIpc) is 2.77. The topological polar surface area (TPSA) is 87.4 Å². The standard InChI is InChI=1S/C10H18N6OS/c1-15-3-4-16(2)7(6-15)5-12-8(17)9-13-14-10(11)18-9/h7H,3-6H2,1-2H3,(H2,11,14)(H,12,17). The van der Waals surface area contributed by atoms with E-state index in [4.69, 9.17) is 5.73 Å². The van der Waals surface area contributed by atoms with E-state index in [-0.39, 0.29) is 5.91 Å². The molecule has 3 N–H and O–H groups in total. The molecule has 0 radical (unpaired) electrons. The van der Waals surface area contributed by atoms with Gasteiger partial charge in [-0.15, -0.1) is 10.2 Å². The van der Waals surface area contributed by atoms with Gasteiger partial charge in [-0.25, -0.2) is 0 Å². The monoisotopic (exact) mass is 270 g/mol. The number of hydrogen-bond donors (Lipinski definition) is 2. The largest absolute Gasteiger partial charge is 0.374 e. The highest BCUT2D eigenvalue weighted by atomic mass is 32.1. The average molecular weight is 270 g/mol. The number of amides is 1. The molecule has 7 nitrogen and oxygen atoms in total. The Labute approximate surface area is 110 Å². The van der Waals surface area contributed by atoms with Crippen LogP contribution in [0.2, 0.25) is 0 Å². The highest BCUT2D eigenvalue weighted by molar-refractivity contribution is 7.16. The van der Waals surface area contributed by atoms with Crippen LogP contribution < -0.4 is 11.1 Å². The predicted octanol–water partition coefficient (Wildman–Crippen LogP) is -0.904. The zero-order valence-electron chi connectivity index (χ0n) is 10.6. The third kappa shape index (κ3) is 3.15. The molecule has 2 rings (SSSR count). The quantitative estimate of drug-likeness (QED) is 0.740. The maximum atomic E-state index is 11.8. The minimum absolute atomic E-state index is 0.203. The van der Waals surface area contributed by atoms with Crippen molar-refractivity contribution < 1.29 is 4.79 Å². The van der Waals surface area contributed by atoms with E-state index in [2.05, 4.69) is 39.4 Å². The molecule has 18 heavy (non-hydrogen) atoms. The van der Waals surface area contributed by atoms with E-state index in [9.17, 15) is 4.79 Å². The summed E-state index contributed by atoms with van der Waals surface area (Å²) in [5.74, 6) is -0.203. The first kappa shape index (κ1) is 13.2. The highest BCUT2D eigenvalue weighted by Crippen LogP contribution is 2.11. The van der Waals surface area contributed by atoms with E-state index in [0.717, 1.165) is 31.0 Å². The van der Waals surface area contributed by atoms with E-state index in [0.29, 0.717) is 22.7 Å². The number of nitrogen functional groups attached to an aromatic ring is 1. The van der Waals surface area contributed by atoms with Gasteiger partial charge in [0.2, 0.25) is 10.1 Å². The Kier molecular flexibility index (Phi) is 4.10. The molecular weight excluding hydrogens is 252 g/mol. The fourth-order valence-corrected chi connectivity index (χ4v) is 2.46. The Morgan fingerprint density at radius 2 is 2.28 bits per heavy atom. The van der Waals surface area contributed by atoms with Crippen molar-refractivity contribution in [1.82, 2.24) is 25.3 Å². The number of anilines is 1. The smallest absolute Gasteiger partial charge is 0.282 e. The van der Waals surface area contributed by atoms with Crippen LogP contribution in [0.3, 0.4) is 0 Å². The summed E-state index contributed by atoms with van der Waals surface area (Å²) in [6.45, 7) is 3.64. The minimum atomic E-state index is -0.203. The first-order chi connectivity index (χ1) is 8.56. The fraction of sp³-hybridized carbons (Fsp3) is 0.700. The number of carbonyl (C=O) groups is 1. The summed E-state index contributed by atoms with van der Waals surface area (Å²) in [6.07, 6.45) is 0. The molecule has 1 aliphatic heterocycles. The van der Waals surface area contributed by atoms with Crippen LogP contribution in [0.4, 0.5) is 5.13 Å². The number of likely N-dealkylation sites (N-methyl/N-ethyl adjacent to an activating group) is 2. The van der Waals surface area contributed by atoms with Gasteiger partial charge in [0.05, 0.1) is 0 Å². The van der Waals surface area contributed by atoms with Gasteiger partial charge in [-0.3, -0.25) is 9.69 Å². The second kappa shape index (κ2) is 5.59. The Bertz CT molecular complexity index is 422. The van der Waals surface area contributed by atoms with Gasteiger partial charge in [0.1, 0.15) is 0 Å². The molecule has 1 aromatic rings. The fourth-order valence-electron chi connectivity index (χ4n) is 1.93. The predicted molar refractivity (Wildman–Crippen MR) is 70.6 cm³/mol. The van der Waals surface area contributed by atoms with Gasteiger partial charge >= 0.3 is 0 Å². The molecule has 0 bridgehead atoms. The van der Waals surface area contributed by atoms with Crippen LogP contribution in [0.25, 0.3) is 0 Å². The first-order valence-corrected chi connectivity index (χ1v) is 6.64. The van der Waals surface area contributed by atoms with Crippen LogP contribution in [0.15, 0.2) is 0 Å². The van der Waals surface area contributed by atoms with Gasteiger partial charge in [-0.1, -0.05) is 11.3 Å². The van der Waals surface area contributed by atoms with Crippen molar-refractivity contribution in [3.05, 3.63) is 5.01 Å². The van der Waals surface area contributed by atoms with Gasteiger partial charge in [-0.05, 0) is 14.1 Å². The second-order valence-corrected chi connectivity index (χ2v) is 5.56. The van der Waals surface area contributed by atoms with Gasteiger partial charge in [0.15, 0.2) is 0 Å². The van der Waals surface area contributed by atoms with Crippen molar-refractivity contribution in [2.75, 3.05) is 46.0 Å². The van der Waals surface area contributed by atoms with Gasteiger partial charge in [0.25, 0.3) is 5.91 Å². The van der Waals surface area contributed by atoms with Crippen molar-refractivity contribution >= 4 is 22.4 Å². The molecule has 0 saturated carbocycles. The summed E-state index contributed by atoms with van der Waals surface area (Å²) in [6, 6.07) is 0.331. The third-order valence-electron chi connectivity index (χ3n) is 3.11. The lowest BCUT2D eigenvalue weighted by Crippen LogP contribution is -2.54. The van der Waals surface area contributed by atoms with Gasteiger partial charge < -0.3 is 16.0 Å². The molecule has 100 valence electrons. The molecule has 1 atom stereocenters. The van der Waals surface area contributed by atoms with E-state index in [1.165, 1.54) is 0 Å². The van der Waals surface area contributed by atoms with E-state index < -0.39 is 0 Å². The number of piperazine rings is 1. The number of rotatable bonds is 3. The molecule has 0 aliphatic carbocycles. The van der Waals surface area contributed by atoms with Crippen LogP contribution in [0, 0.1) is 0 Å². The van der Waals surface area contributed by atoms with Gasteiger partial charge in [-0.2, -0.15) is 0 Å². The summed E-state index contributed by atoms with van der Waals surface area (Å²) in [5, 5.41) is 10.9. The molecular formula is C10H18N6OS.